The highest BCUT2D eigenvalue weighted by Crippen LogP contribution is 2.30. The second-order valence-electron chi connectivity index (χ2n) is 6.67. The third-order valence-electron chi connectivity index (χ3n) is 4.51. The molecule has 0 saturated heterocycles. The number of fused-ring (bicyclic) bond motifs is 1. The van der Waals surface area contributed by atoms with Crippen molar-refractivity contribution in [3.05, 3.63) is 76.5 Å². The summed E-state index contributed by atoms with van der Waals surface area (Å²) in [6.45, 7) is 2.21. The number of nitrogens with zero attached hydrogens (tertiary/aromatic N) is 2. The van der Waals surface area contributed by atoms with Gasteiger partial charge in [-0.05, 0) is 55.0 Å². The van der Waals surface area contributed by atoms with Crippen molar-refractivity contribution in [1.82, 2.24) is 15.1 Å². The number of rotatable bonds is 5. The Hall–Kier alpha value is -3.72. The quantitative estimate of drug-likeness (QED) is 0.453. The third kappa shape index (κ3) is 4.01. The number of anilines is 1. The van der Waals surface area contributed by atoms with Crippen LogP contribution in [0.2, 0.25) is 0 Å². The average Bonchev–Trinajstić information content (AvgIpc) is 3.28. The summed E-state index contributed by atoms with van der Waals surface area (Å²) in [5.41, 5.74) is 8.08. The Bertz CT molecular complexity index is 1230. The number of halogens is 1. The van der Waals surface area contributed by atoms with Gasteiger partial charge in [0.25, 0.3) is 5.91 Å². The van der Waals surface area contributed by atoms with Crippen LogP contribution < -0.4 is 16.4 Å². The first-order valence-electron chi connectivity index (χ1n) is 9.09. The standard InChI is InChI=1S/C21H18FN5O2S/c1-12-17-10-18(30-20(17)27(26-12)16-8-4-14(22)5-9-16)19(28)24-11-13-2-6-15(7-3-13)25-21(23)29/h2-10H,11H2,1H3,(H,24,28)(H3,23,25,29). The fraction of sp³-hybridized carbons (Fsp3) is 0.0952. The number of benzene rings is 2. The van der Waals surface area contributed by atoms with Gasteiger partial charge >= 0.3 is 6.03 Å². The SMILES string of the molecule is Cc1nn(-c2ccc(F)cc2)c2sc(C(=O)NCc3ccc(NC(N)=O)cc3)cc12. The van der Waals surface area contributed by atoms with E-state index < -0.39 is 6.03 Å². The number of carbonyl (C=O) groups excluding carboxylic acids is 2. The summed E-state index contributed by atoms with van der Waals surface area (Å²) in [5.74, 6) is -0.510. The molecule has 2 aromatic carbocycles. The molecule has 0 aliphatic heterocycles. The number of hydrogen-bond acceptors (Lipinski definition) is 4. The molecule has 0 aliphatic rings. The molecule has 0 saturated carbocycles. The lowest BCUT2D eigenvalue weighted by atomic mass is 10.2. The summed E-state index contributed by atoms with van der Waals surface area (Å²) in [4.78, 5) is 24.9. The molecule has 9 heteroatoms. The van der Waals surface area contributed by atoms with Crippen LogP contribution in [0.1, 0.15) is 20.9 Å². The summed E-state index contributed by atoms with van der Waals surface area (Å²) < 4.78 is 14.9. The summed E-state index contributed by atoms with van der Waals surface area (Å²) in [5, 5.41) is 10.8. The maximum absolute atomic E-state index is 13.2. The molecule has 30 heavy (non-hydrogen) atoms. The van der Waals surface area contributed by atoms with Gasteiger partial charge in [0, 0.05) is 17.6 Å². The van der Waals surface area contributed by atoms with Crippen molar-refractivity contribution in [1.29, 1.82) is 0 Å². The highest BCUT2D eigenvalue weighted by Gasteiger charge is 2.17. The third-order valence-corrected chi connectivity index (χ3v) is 5.62. The normalized spacial score (nSPS) is 10.9. The lowest BCUT2D eigenvalue weighted by molar-refractivity contribution is 0.0955. The molecular formula is C21H18FN5O2S. The fourth-order valence-corrected chi connectivity index (χ4v) is 4.13. The van der Waals surface area contributed by atoms with Crippen molar-refractivity contribution in [2.75, 3.05) is 5.32 Å². The Balaban J connectivity index is 1.50. The average molecular weight is 423 g/mol. The zero-order valence-electron chi connectivity index (χ0n) is 16.0. The predicted octanol–water partition coefficient (Wildman–Crippen LogP) is 3.96. The lowest BCUT2D eigenvalue weighted by Crippen LogP contribution is -2.22. The van der Waals surface area contributed by atoms with Crippen LogP contribution in [-0.4, -0.2) is 21.7 Å². The Labute approximate surface area is 175 Å². The van der Waals surface area contributed by atoms with E-state index in [-0.39, 0.29) is 11.7 Å². The molecular weight excluding hydrogens is 405 g/mol. The van der Waals surface area contributed by atoms with Gasteiger partial charge < -0.3 is 16.4 Å². The molecule has 4 N–H and O–H groups in total. The molecule has 0 unspecified atom stereocenters. The number of hydrogen-bond donors (Lipinski definition) is 3. The minimum absolute atomic E-state index is 0.194. The second kappa shape index (κ2) is 7.96. The van der Waals surface area contributed by atoms with Gasteiger partial charge in [-0.2, -0.15) is 5.10 Å². The zero-order chi connectivity index (χ0) is 21.3. The molecule has 4 aromatic rings. The number of amides is 3. The number of aromatic nitrogens is 2. The molecule has 0 fully saturated rings. The number of urea groups is 1. The number of thiophene rings is 1. The van der Waals surface area contributed by atoms with Gasteiger partial charge in [0.2, 0.25) is 0 Å². The van der Waals surface area contributed by atoms with E-state index in [1.807, 2.05) is 13.0 Å². The second-order valence-corrected chi connectivity index (χ2v) is 7.70. The minimum Gasteiger partial charge on any atom is -0.351 e. The molecule has 0 bridgehead atoms. The Morgan fingerprint density at radius 1 is 1.13 bits per heavy atom. The monoisotopic (exact) mass is 423 g/mol. The maximum Gasteiger partial charge on any atom is 0.316 e. The van der Waals surface area contributed by atoms with Crippen LogP contribution in [0.15, 0.2) is 54.6 Å². The molecule has 3 amide bonds. The first-order chi connectivity index (χ1) is 14.4. The number of primary amides is 1. The molecule has 0 aliphatic carbocycles. The molecule has 7 nitrogen and oxygen atoms in total. The van der Waals surface area contributed by atoms with E-state index in [9.17, 15) is 14.0 Å². The number of nitrogens with two attached hydrogens (primary N) is 1. The first-order valence-corrected chi connectivity index (χ1v) is 9.91. The fourth-order valence-electron chi connectivity index (χ4n) is 3.03. The first kappa shape index (κ1) is 19.6. The highest BCUT2D eigenvalue weighted by molar-refractivity contribution is 7.20. The maximum atomic E-state index is 13.2. The Kier molecular flexibility index (Phi) is 5.20. The summed E-state index contributed by atoms with van der Waals surface area (Å²) in [6, 6.07) is 14.3. The van der Waals surface area contributed by atoms with Gasteiger partial charge in [0.15, 0.2) is 0 Å². The van der Waals surface area contributed by atoms with Crippen LogP contribution in [0.3, 0.4) is 0 Å². The largest absolute Gasteiger partial charge is 0.351 e. The highest BCUT2D eigenvalue weighted by atomic mass is 32.1. The van der Waals surface area contributed by atoms with Crippen molar-refractivity contribution in [2.24, 2.45) is 5.73 Å². The van der Waals surface area contributed by atoms with E-state index in [2.05, 4.69) is 15.7 Å². The van der Waals surface area contributed by atoms with Gasteiger partial charge in [0.1, 0.15) is 10.6 Å². The lowest BCUT2D eigenvalue weighted by Gasteiger charge is -2.06. The Morgan fingerprint density at radius 2 is 1.83 bits per heavy atom. The van der Waals surface area contributed by atoms with Crippen LogP contribution in [0.4, 0.5) is 14.9 Å². The van der Waals surface area contributed by atoms with Crippen LogP contribution in [0.5, 0.6) is 0 Å². The topological polar surface area (TPSA) is 102 Å². The van der Waals surface area contributed by atoms with Gasteiger partial charge in [-0.3, -0.25) is 4.79 Å². The number of carbonyl (C=O) groups is 2. The van der Waals surface area contributed by atoms with E-state index in [0.717, 1.165) is 27.2 Å². The summed E-state index contributed by atoms with van der Waals surface area (Å²) in [7, 11) is 0. The molecule has 0 atom stereocenters. The van der Waals surface area contributed by atoms with Crippen molar-refractivity contribution < 1.29 is 14.0 Å². The zero-order valence-corrected chi connectivity index (χ0v) is 16.8. The van der Waals surface area contributed by atoms with Crippen LogP contribution in [0, 0.1) is 12.7 Å². The van der Waals surface area contributed by atoms with Gasteiger partial charge in [-0.25, -0.2) is 13.9 Å². The smallest absolute Gasteiger partial charge is 0.316 e. The van der Waals surface area contributed by atoms with Crippen LogP contribution in [0.25, 0.3) is 15.9 Å². The molecule has 4 rings (SSSR count). The van der Waals surface area contributed by atoms with Crippen LogP contribution in [-0.2, 0) is 6.54 Å². The van der Waals surface area contributed by atoms with Crippen molar-refractivity contribution in [3.63, 3.8) is 0 Å². The van der Waals surface area contributed by atoms with E-state index in [4.69, 9.17) is 5.73 Å². The summed E-state index contributed by atoms with van der Waals surface area (Å²) >= 11 is 1.33. The van der Waals surface area contributed by atoms with Crippen molar-refractivity contribution in [3.8, 4) is 5.69 Å². The number of aryl methyl sites for hydroxylation is 1. The van der Waals surface area contributed by atoms with Gasteiger partial charge in [0.05, 0.1) is 16.3 Å². The van der Waals surface area contributed by atoms with Gasteiger partial charge in [-0.15, -0.1) is 11.3 Å². The summed E-state index contributed by atoms with van der Waals surface area (Å²) in [6.07, 6.45) is 0. The van der Waals surface area contributed by atoms with Gasteiger partial charge in [-0.1, -0.05) is 12.1 Å². The molecule has 0 spiro atoms. The molecule has 2 heterocycles. The van der Waals surface area contributed by atoms with E-state index in [0.29, 0.717) is 17.1 Å². The van der Waals surface area contributed by atoms with Crippen molar-refractivity contribution >= 4 is 39.2 Å². The van der Waals surface area contributed by atoms with Crippen molar-refractivity contribution in [2.45, 2.75) is 13.5 Å². The van der Waals surface area contributed by atoms with E-state index >= 15 is 0 Å². The predicted molar refractivity (Wildman–Crippen MR) is 114 cm³/mol. The molecule has 2 aromatic heterocycles. The van der Waals surface area contributed by atoms with Crippen LogP contribution >= 0.6 is 11.3 Å². The van der Waals surface area contributed by atoms with E-state index in [1.54, 1.807) is 41.1 Å². The molecule has 152 valence electrons. The Morgan fingerprint density at radius 3 is 2.50 bits per heavy atom. The number of nitrogens with one attached hydrogen (secondary N) is 2. The van der Waals surface area contributed by atoms with E-state index in [1.165, 1.54) is 23.5 Å². The molecule has 0 radical (unpaired) electrons. The minimum atomic E-state index is -0.629.